The summed E-state index contributed by atoms with van der Waals surface area (Å²) in [6.07, 6.45) is -1.57. The molecule has 0 aromatic carbocycles. The number of amides is 2. The fraction of sp³-hybridized carbons (Fsp3) is 0.818. The van der Waals surface area contributed by atoms with Gasteiger partial charge in [0, 0.05) is 30.7 Å². The maximum absolute atomic E-state index is 11.7. The van der Waals surface area contributed by atoms with Gasteiger partial charge >= 0.3 is 0 Å². The van der Waals surface area contributed by atoms with Gasteiger partial charge in [0.05, 0.1) is 14.4 Å². The summed E-state index contributed by atoms with van der Waals surface area (Å²) >= 11 is 3.92. The monoisotopic (exact) mass is 356 g/mol. The van der Waals surface area contributed by atoms with Crippen molar-refractivity contribution in [3.8, 4) is 0 Å². The molecule has 9 nitrogen and oxygen atoms in total. The molecule has 0 rings (SSSR count). The number of thiol groups is 1. The molecule has 130 valence electrons. The van der Waals surface area contributed by atoms with E-state index in [0.717, 1.165) is 0 Å². The third-order valence-corrected chi connectivity index (χ3v) is 3.34. The minimum atomic E-state index is -5.18. The van der Waals surface area contributed by atoms with Crippen molar-refractivity contribution >= 4 is 32.3 Å². The van der Waals surface area contributed by atoms with Crippen LogP contribution < -0.4 is 20.4 Å². The summed E-state index contributed by atoms with van der Waals surface area (Å²) in [5.74, 6) is -0.568. The van der Waals surface area contributed by atoms with Crippen molar-refractivity contribution in [3.63, 3.8) is 0 Å². The van der Waals surface area contributed by atoms with E-state index in [1.54, 1.807) is 0 Å². The Morgan fingerprint density at radius 2 is 1.91 bits per heavy atom. The third kappa shape index (κ3) is 9.39. The average Bonchev–Trinajstić information content (AvgIpc) is 2.41. The van der Waals surface area contributed by atoms with Gasteiger partial charge in [0.15, 0.2) is 0 Å². The first-order valence-electron chi connectivity index (χ1n) is 6.49. The molecule has 1 atom stereocenters. The Labute approximate surface area is 134 Å². The number of hydrogen-bond acceptors (Lipinski definition) is 8. The number of aliphatic hydroxyl groups is 1. The van der Waals surface area contributed by atoms with Gasteiger partial charge in [-0.05, 0) is 0 Å². The van der Waals surface area contributed by atoms with E-state index in [0.29, 0.717) is 12.3 Å². The lowest BCUT2D eigenvalue weighted by Gasteiger charge is -2.35. The van der Waals surface area contributed by atoms with Crippen molar-refractivity contribution < 1.29 is 33.6 Å². The molecule has 0 heterocycles. The molecule has 0 aliphatic carbocycles. The fourth-order valence-electron chi connectivity index (χ4n) is 1.36. The van der Waals surface area contributed by atoms with Crippen molar-refractivity contribution in [2.75, 3.05) is 25.4 Å². The summed E-state index contributed by atoms with van der Waals surface area (Å²) in [6.45, 7) is 2.52. The van der Waals surface area contributed by atoms with Gasteiger partial charge in [0.1, 0.15) is 6.10 Å². The van der Waals surface area contributed by atoms with Gasteiger partial charge in [0.25, 0.3) is 0 Å². The first-order chi connectivity index (χ1) is 9.99. The minimum absolute atomic E-state index is 0.00679. The quantitative estimate of drug-likeness (QED) is 0.255. The van der Waals surface area contributed by atoms with Crippen molar-refractivity contribution in [3.05, 3.63) is 0 Å². The summed E-state index contributed by atoms with van der Waals surface area (Å²) in [6, 6.07) is 0. The standard InChI is InChI=1S/C11H23N2O7PS/c1-11(2,7-20-21(17,18)19)9(15)10(16)13-4-3-8(14)12-5-6-22/h9,15,22H,3-7H2,1-2H3,(H,12,14)(H,13,16)(H2,17,18,19)/p-2. The zero-order valence-electron chi connectivity index (χ0n) is 12.4. The van der Waals surface area contributed by atoms with Gasteiger partial charge in [-0.25, -0.2) is 0 Å². The van der Waals surface area contributed by atoms with Crippen molar-refractivity contribution in [2.45, 2.75) is 26.4 Å². The van der Waals surface area contributed by atoms with E-state index in [-0.39, 0.29) is 18.9 Å². The molecular formula is C11H21N2O7PS-2. The Hall–Kier alpha value is -0.640. The van der Waals surface area contributed by atoms with Gasteiger partial charge in [-0.3, -0.25) is 9.59 Å². The Balaban J connectivity index is 4.24. The topological polar surface area (TPSA) is 151 Å². The average molecular weight is 356 g/mol. The van der Waals surface area contributed by atoms with Crippen LogP contribution in [-0.2, 0) is 18.7 Å². The molecule has 22 heavy (non-hydrogen) atoms. The lowest BCUT2D eigenvalue weighted by atomic mass is 9.87. The smallest absolute Gasteiger partial charge is 0.249 e. The van der Waals surface area contributed by atoms with E-state index >= 15 is 0 Å². The normalized spacial score (nSPS) is 13.5. The van der Waals surface area contributed by atoms with Crippen molar-refractivity contribution in [1.82, 2.24) is 10.6 Å². The van der Waals surface area contributed by atoms with Crippen LogP contribution >= 0.6 is 20.5 Å². The molecule has 11 heteroatoms. The highest BCUT2D eigenvalue weighted by atomic mass is 32.1. The minimum Gasteiger partial charge on any atom is -0.790 e. The highest BCUT2D eigenvalue weighted by Crippen LogP contribution is 2.31. The van der Waals surface area contributed by atoms with E-state index in [1.807, 2.05) is 0 Å². The lowest BCUT2D eigenvalue weighted by Crippen LogP contribution is -2.46. The number of hydrogen-bond donors (Lipinski definition) is 4. The Morgan fingerprint density at radius 1 is 1.32 bits per heavy atom. The van der Waals surface area contributed by atoms with Crippen LogP contribution in [0.15, 0.2) is 0 Å². The summed E-state index contributed by atoms with van der Waals surface area (Å²) < 4.78 is 14.5. The van der Waals surface area contributed by atoms with Crippen LogP contribution in [0.2, 0.25) is 0 Å². The van der Waals surface area contributed by atoms with E-state index in [9.17, 15) is 29.0 Å². The number of carbonyl (C=O) groups is 2. The molecule has 0 aliphatic rings. The van der Waals surface area contributed by atoms with Gasteiger partial charge < -0.3 is 34.6 Å². The summed E-state index contributed by atoms with van der Waals surface area (Å²) in [5.41, 5.74) is -1.29. The lowest BCUT2D eigenvalue weighted by molar-refractivity contribution is -0.343. The summed E-state index contributed by atoms with van der Waals surface area (Å²) in [7, 11) is -5.18. The first kappa shape index (κ1) is 21.4. The molecular weight excluding hydrogens is 335 g/mol. The molecule has 0 spiro atoms. The van der Waals surface area contributed by atoms with Crippen LogP contribution in [0.25, 0.3) is 0 Å². The molecule has 0 aliphatic heterocycles. The zero-order valence-corrected chi connectivity index (χ0v) is 14.2. The second kappa shape index (κ2) is 9.49. The predicted molar refractivity (Wildman–Crippen MR) is 77.8 cm³/mol. The number of phosphoric ester groups is 1. The van der Waals surface area contributed by atoms with E-state index in [2.05, 4.69) is 27.8 Å². The van der Waals surface area contributed by atoms with Gasteiger partial charge in [0.2, 0.25) is 11.8 Å². The number of aliphatic hydroxyl groups excluding tert-OH is 1. The van der Waals surface area contributed by atoms with Gasteiger partial charge in [-0.1, -0.05) is 13.8 Å². The highest BCUT2D eigenvalue weighted by Gasteiger charge is 2.34. The maximum Gasteiger partial charge on any atom is 0.249 e. The number of phosphoric acid groups is 1. The van der Waals surface area contributed by atoms with Crippen LogP contribution in [0.5, 0.6) is 0 Å². The fourth-order valence-corrected chi connectivity index (χ4v) is 1.96. The second-order valence-corrected chi connectivity index (χ2v) is 6.83. The molecule has 0 aromatic rings. The maximum atomic E-state index is 11.7. The number of nitrogens with one attached hydrogen (secondary N) is 2. The largest absolute Gasteiger partial charge is 0.790 e. The predicted octanol–water partition coefficient (Wildman–Crippen LogP) is -2.23. The molecule has 1 unspecified atom stereocenters. The molecule has 0 bridgehead atoms. The van der Waals surface area contributed by atoms with Crippen molar-refractivity contribution in [1.29, 1.82) is 0 Å². The van der Waals surface area contributed by atoms with E-state index in [1.165, 1.54) is 13.8 Å². The number of rotatable bonds is 10. The highest BCUT2D eigenvalue weighted by molar-refractivity contribution is 7.80. The van der Waals surface area contributed by atoms with Crippen LogP contribution in [0.3, 0.4) is 0 Å². The van der Waals surface area contributed by atoms with Gasteiger partial charge in [-0.2, -0.15) is 12.6 Å². The van der Waals surface area contributed by atoms with E-state index < -0.39 is 31.9 Å². The molecule has 3 N–H and O–H groups in total. The van der Waals surface area contributed by atoms with Crippen LogP contribution in [0.4, 0.5) is 0 Å². The van der Waals surface area contributed by atoms with E-state index in [4.69, 9.17) is 0 Å². The molecule has 2 amide bonds. The van der Waals surface area contributed by atoms with Crippen LogP contribution in [0.1, 0.15) is 20.3 Å². The van der Waals surface area contributed by atoms with Crippen LogP contribution in [-0.4, -0.2) is 48.5 Å². The molecule has 0 radical (unpaired) electrons. The van der Waals surface area contributed by atoms with Crippen LogP contribution in [0, 0.1) is 5.41 Å². The Bertz CT molecular complexity index is 427. The molecule has 0 saturated heterocycles. The molecule has 0 saturated carbocycles. The van der Waals surface area contributed by atoms with Crippen molar-refractivity contribution in [2.24, 2.45) is 5.41 Å². The number of carbonyl (C=O) groups excluding carboxylic acids is 2. The molecule has 0 fully saturated rings. The Morgan fingerprint density at radius 3 is 2.41 bits per heavy atom. The third-order valence-electron chi connectivity index (χ3n) is 2.67. The SMILES string of the molecule is CC(C)(COP(=O)([O-])[O-])C(O)C(=O)NCCC(=O)NCCS. The second-order valence-electron chi connectivity index (χ2n) is 5.23. The molecule has 0 aromatic heterocycles. The zero-order chi connectivity index (χ0) is 17.4. The summed E-state index contributed by atoms with van der Waals surface area (Å²) in [5, 5.41) is 14.7. The Kier molecular flexibility index (Phi) is 9.21. The summed E-state index contributed by atoms with van der Waals surface area (Å²) in [4.78, 5) is 43.9. The van der Waals surface area contributed by atoms with Gasteiger partial charge in [-0.15, -0.1) is 0 Å². The first-order valence-corrected chi connectivity index (χ1v) is 8.59.